The summed E-state index contributed by atoms with van der Waals surface area (Å²) < 4.78 is 5.48. The molecule has 0 saturated heterocycles. The van der Waals surface area contributed by atoms with Gasteiger partial charge in [0.25, 0.3) is 0 Å². The summed E-state index contributed by atoms with van der Waals surface area (Å²) in [5.74, 6) is 2.08. The molecule has 0 radical (unpaired) electrons. The molecule has 1 fully saturated rings. The van der Waals surface area contributed by atoms with E-state index in [9.17, 15) is 4.91 Å². The van der Waals surface area contributed by atoms with Crippen molar-refractivity contribution >= 4 is 11.0 Å². The van der Waals surface area contributed by atoms with Crippen LogP contribution in [0.1, 0.15) is 58.4 Å². The molecule has 1 aliphatic rings. The summed E-state index contributed by atoms with van der Waals surface area (Å²) in [4.78, 5) is 26.4. The molecule has 1 aliphatic carbocycles. The van der Waals surface area contributed by atoms with Crippen molar-refractivity contribution in [2.45, 2.75) is 45.1 Å². The molecule has 1 N–H and O–H groups in total. The summed E-state index contributed by atoms with van der Waals surface area (Å²) in [7, 11) is 0. The maximum absolute atomic E-state index is 13.2. The molecule has 35 heavy (non-hydrogen) atoms. The number of aryl methyl sites for hydroxylation is 3. The van der Waals surface area contributed by atoms with Crippen LogP contribution in [0.4, 0.5) is 0 Å². The average Bonchev–Trinajstić information content (AvgIpc) is 3.55. The summed E-state index contributed by atoms with van der Waals surface area (Å²) in [5, 5.41) is 8.03. The molecule has 2 aromatic carbocycles. The topological polar surface area (TPSA) is 97.0 Å². The van der Waals surface area contributed by atoms with Crippen molar-refractivity contribution in [2.75, 3.05) is 0 Å². The van der Waals surface area contributed by atoms with Gasteiger partial charge in [-0.3, -0.25) is 4.98 Å². The van der Waals surface area contributed by atoms with E-state index in [1.54, 1.807) is 6.20 Å². The first kappa shape index (κ1) is 21.4. The number of imidazole rings is 1. The van der Waals surface area contributed by atoms with Gasteiger partial charge in [-0.2, -0.15) is 0 Å². The van der Waals surface area contributed by atoms with Gasteiger partial charge in [-0.05, 0) is 73.7 Å². The van der Waals surface area contributed by atoms with Crippen molar-refractivity contribution in [3.8, 4) is 11.1 Å². The number of nitrogens with zero attached hydrogens (tertiary/aromatic N) is 4. The van der Waals surface area contributed by atoms with Crippen molar-refractivity contribution < 1.29 is 4.52 Å². The molecule has 0 spiro atoms. The molecule has 1 saturated carbocycles. The summed E-state index contributed by atoms with van der Waals surface area (Å²) in [5.41, 5.74) is 5.69. The van der Waals surface area contributed by atoms with Gasteiger partial charge in [0, 0.05) is 23.2 Å². The molecule has 0 aliphatic heterocycles. The summed E-state index contributed by atoms with van der Waals surface area (Å²) >= 11 is 0. The van der Waals surface area contributed by atoms with E-state index in [4.69, 9.17) is 14.5 Å². The molecular formula is C28H25N5O2. The van der Waals surface area contributed by atoms with Crippen LogP contribution in [-0.2, 0) is 5.54 Å². The molecular weight excluding hydrogens is 438 g/mol. The average molecular weight is 464 g/mol. The minimum absolute atomic E-state index is 0.421. The van der Waals surface area contributed by atoms with Gasteiger partial charge in [-0.25, -0.2) is 4.98 Å². The summed E-state index contributed by atoms with van der Waals surface area (Å²) in [6.07, 6.45) is 3.93. The van der Waals surface area contributed by atoms with E-state index in [1.165, 1.54) is 0 Å². The smallest absolute Gasteiger partial charge is 0.196 e. The van der Waals surface area contributed by atoms with Crippen LogP contribution in [0.3, 0.4) is 0 Å². The second-order valence-electron chi connectivity index (χ2n) is 9.35. The molecule has 7 heteroatoms. The van der Waals surface area contributed by atoms with Crippen LogP contribution < -0.4 is 0 Å². The molecule has 0 amide bonds. The second-order valence-corrected chi connectivity index (χ2v) is 9.35. The fourth-order valence-electron chi connectivity index (χ4n) is 5.11. The third-order valence-electron chi connectivity index (χ3n) is 6.96. The zero-order valence-electron chi connectivity index (χ0n) is 19.9. The van der Waals surface area contributed by atoms with Crippen LogP contribution in [0.25, 0.3) is 22.2 Å². The Labute approximate surface area is 202 Å². The number of rotatable bonds is 6. The van der Waals surface area contributed by atoms with Crippen molar-refractivity contribution in [1.29, 1.82) is 0 Å². The Kier molecular flexibility index (Phi) is 4.88. The third kappa shape index (κ3) is 3.30. The lowest BCUT2D eigenvalue weighted by Gasteiger charge is -2.29. The zero-order chi connectivity index (χ0) is 24.2. The highest BCUT2D eigenvalue weighted by atomic mass is 16.5. The molecule has 1 atom stereocenters. The van der Waals surface area contributed by atoms with E-state index in [-0.39, 0.29) is 0 Å². The van der Waals surface area contributed by atoms with Crippen LogP contribution in [0.2, 0.25) is 0 Å². The van der Waals surface area contributed by atoms with Gasteiger partial charge >= 0.3 is 0 Å². The normalized spacial score (nSPS) is 15.3. The number of hydrogen-bond donors (Lipinski definition) is 1. The largest absolute Gasteiger partial charge is 0.361 e. The van der Waals surface area contributed by atoms with Crippen LogP contribution in [0.15, 0.2) is 70.5 Å². The fraction of sp³-hybridized carbons (Fsp3) is 0.250. The van der Waals surface area contributed by atoms with E-state index in [2.05, 4.69) is 21.4 Å². The fourth-order valence-corrected chi connectivity index (χ4v) is 5.11. The Morgan fingerprint density at radius 1 is 1.06 bits per heavy atom. The quantitative estimate of drug-likeness (QED) is 0.291. The number of hydrogen-bond acceptors (Lipinski definition) is 6. The minimum atomic E-state index is -1.39. The number of nitrogens with one attached hydrogen (secondary N) is 1. The van der Waals surface area contributed by atoms with Crippen molar-refractivity contribution in [3.63, 3.8) is 0 Å². The zero-order valence-corrected chi connectivity index (χ0v) is 19.9. The lowest BCUT2D eigenvalue weighted by Crippen LogP contribution is -2.29. The lowest BCUT2D eigenvalue weighted by atomic mass is 9.77. The van der Waals surface area contributed by atoms with Gasteiger partial charge in [-0.1, -0.05) is 41.6 Å². The molecule has 3 heterocycles. The van der Waals surface area contributed by atoms with E-state index >= 15 is 0 Å². The Bertz CT molecular complexity index is 1550. The number of H-pyrrole nitrogens is 1. The molecule has 1 unspecified atom stereocenters. The van der Waals surface area contributed by atoms with Crippen LogP contribution in [-0.4, -0.2) is 20.1 Å². The number of fused-ring (bicyclic) bond motifs is 1. The first-order valence-electron chi connectivity index (χ1n) is 11.8. The van der Waals surface area contributed by atoms with E-state index in [0.29, 0.717) is 22.9 Å². The number of pyridine rings is 1. The Hall–Kier alpha value is -4.13. The number of benzene rings is 2. The highest BCUT2D eigenvalue weighted by Crippen LogP contribution is 2.47. The minimum Gasteiger partial charge on any atom is -0.361 e. The standard InChI is InChI=1S/C28H25N5O2/c1-16-8-7-13-29-26(16)28(33-34,21-9-5-4-6-10-21)22-14-20(24-17(2)32-35-18(24)3)15-23-25(22)31-27(30-23)19-11-12-19/h4-10,13-15,19H,11-12H2,1-3H3,(H,30,31). The maximum Gasteiger partial charge on any atom is 0.196 e. The Balaban J connectivity index is 1.75. The van der Waals surface area contributed by atoms with Crippen LogP contribution >= 0.6 is 0 Å². The Morgan fingerprint density at radius 3 is 2.51 bits per heavy atom. The SMILES string of the molecule is Cc1cccnc1C(N=O)(c1ccccc1)c1cc(-c2c(C)noc2C)cc2[nH]c(C3CC3)nc12. The van der Waals surface area contributed by atoms with Crippen molar-refractivity contribution in [3.05, 3.63) is 105 Å². The highest BCUT2D eigenvalue weighted by molar-refractivity contribution is 5.88. The van der Waals surface area contributed by atoms with E-state index in [0.717, 1.165) is 57.6 Å². The highest BCUT2D eigenvalue weighted by Gasteiger charge is 2.44. The molecule has 0 bridgehead atoms. The number of nitroso groups, excluding NO2 is 1. The predicted molar refractivity (Wildman–Crippen MR) is 134 cm³/mol. The summed E-state index contributed by atoms with van der Waals surface area (Å²) in [6, 6.07) is 17.5. The van der Waals surface area contributed by atoms with Gasteiger partial charge in [0.1, 0.15) is 11.6 Å². The molecule has 7 nitrogen and oxygen atoms in total. The van der Waals surface area contributed by atoms with E-state index in [1.807, 2.05) is 69.3 Å². The van der Waals surface area contributed by atoms with Gasteiger partial charge in [0.15, 0.2) is 5.54 Å². The second kappa shape index (κ2) is 7.98. The van der Waals surface area contributed by atoms with Gasteiger partial charge in [-0.15, -0.1) is 4.91 Å². The molecule has 3 aromatic heterocycles. The number of aromatic nitrogens is 4. The van der Waals surface area contributed by atoms with Crippen LogP contribution in [0.5, 0.6) is 0 Å². The first-order chi connectivity index (χ1) is 17.0. The van der Waals surface area contributed by atoms with Gasteiger partial charge in [0.2, 0.25) is 0 Å². The summed E-state index contributed by atoms with van der Waals surface area (Å²) in [6.45, 7) is 5.78. The molecule has 5 aromatic rings. The number of aromatic amines is 1. The Morgan fingerprint density at radius 2 is 1.86 bits per heavy atom. The van der Waals surface area contributed by atoms with Gasteiger partial charge in [0.05, 0.1) is 22.4 Å². The first-order valence-corrected chi connectivity index (χ1v) is 11.8. The van der Waals surface area contributed by atoms with Gasteiger partial charge < -0.3 is 9.51 Å². The van der Waals surface area contributed by atoms with Crippen molar-refractivity contribution in [2.24, 2.45) is 5.18 Å². The van der Waals surface area contributed by atoms with E-state index < -0.39 is 5.54 Å². The van der Waals surface area contributed by atoms with Crippen molar-refractivity contribution in [1.82, 2.24) is 20.1 Å². The maximum atomic E-state index is 13.2. The monoisotopic (exact) mass is 463 g/mol. The lowest BCUT2D eigenvalue weighted by molar-refractivity contribution is 0.393. The third-order valence-corrected chi connectivity index (χ3v) is 6.96. The molecule has 6 rings (SSSR count). The molecule has 174 valence electrons. The van der Waals surface area contributed by atoms with Crippen LogP contribution in [0, 0.1) is 25.7 Å². The predicted octanol–water partition coefficient (Wildman–Crippen LogP) is 6.47.